The first-order valence-corrected chi connectivity index (χ1v) is 14.4. The van der Waals surface area contributed by atoms with E-state index in [0.29, 0.717) is 22.6 Å². The van der Waals surface area contributed by atoms with Crippen LogP contribution in [0.3, 0.4) is 0 Å². The number of nitrogens with zero attached hydrogens (tertiary/aromatic N) is 1. The molecule has 0 spiro atoms. The second kappa shape index (κ2) is 13.5. The van der Waals surface area contributed by atoms with Crippen molar-refractivity contribution in [3.8, 4) is 18.1 Å². The van der Waals surface area contributed by atoms with Crippen molar-refractivity contribution in [2.75, 3.05) is 12.4 Å². The zero-order valence-corrected chi connectivity index (χ0v) is 25.3. The summed E-state index contributed by atoms with van der Waals surface area (Å²) in [5, 5.41) is 5.77. The third-order valence-electron chi connectivity index (χ3n) is 7.23. The number of carbonyl (C=O) groups excluding carboxylic acids is 3. The van der Waals surface area contributed by atoms with Crippen molar-refractivity contribution >= 4 is 23.6 Å². The maximum Gasteiger partial charge on any atom is 0.408 e. The minimum absolute atomic E-state index is 0.170. The average molecular weight is 582 g/mol. The van der Waals surface area contributed by atoms with Crippen molar-refractivity contribution in [3.63, 3.8) is 0 Å². The van der Waals surface area contributed by atoms with Gasteiger partial charge in [-0.3, -0.25) is 9.59 Å². The molecule has 3 aromatic carbocycles. The van der Waals surface area contributed by atoms with Crippen LogP contribution in [-0.4, -0.2) is 47.6 Å². The number of carbonyl (C=O) groups is 3. The number of terminal acetylenes is 1. The average Bonchev–Trinajstić information content (AvgIpc) is 3.70. The molecule has 2 N–H and O–H groups in total. The largest absolute Gasteiger partial charge is 0.497 e. The van der Waals surface area contributed by atoms with Crippen LogP contribution in [0.1, 0.15) is 56.8 Å². The summed E-state index contributed by atoms with van der Waals surface area (Å²) in [7, 11) is 1.57. The first-order chi connectivity index (χ1) is 20.5. The fourth-order valence-electron chi connectivity index (χ4n) is 4.94. The molecular weight excluding hydrogens is 542 g/mol. The number of ether oxygens (including phenoxy) is 2. The highest BCUT2D eigenvalue weighted by Gasteiger charge is 2.48. The van der Waals surface area contributed by atoms with Gasteiger partial charge in [0.15, 0.2) is 0 Å². The summed E-state index contributed by atoms with van der Waals surface area (Å²) in [6, 6.07) is 21.3. The molecule has 0 saturated heterocycles. The van der Waals surface area contributed by atoms with Gasteiger partial charge in [0, 0.05) is 23.7 Å². The lowest BCUT2D eigenvalue weighted by Gasteiger charge is -2.35. The SMILES string of the molecule is C#Cc1ccc(C(C(=O)Nc2ccc(OC)cc2)N(C(=O)C(Cc2ccccc2)NC(=O)OC(C)(C)C)C2CC2C)cc1. The van der Waals surface area contributed by atoms with Crippen LogP contribution >= 0.6 is 0 Å². The van der Waals surface area contributed by atoms with E-state index in [-0.39, 0.29) is 30.2 Å². The Morgan fingerprint density at radius 2 is 1.63 bits per heavy atom. The minimum Gasteiger partial charge on any atom is -0.497 e. The Morgan fingerprint density at radius 3 is 2.16 bits per heavy atom. The van der Waals surface area contributed by atoms with Gasteiger partial charge in [0.25, 0.3) is 5.91 Å². The molecule has 1 aliphatic rings. The Labute approximate surface area is 253 Å². The first-order valence-electron chi connectivity index (χ1n) is 14.4. The molecule has 0 bridgehead atoms. The maximum absolute atomic E-state index is 14.6. The van der Waals surface area contributed by atoms with Crippen molar-refractivity contribution in [2.45, 2.75) is 64.3 Å². The molecule has 1 saturated carbocycles. The molecule has 224 valence electrons. The molecule has 0 heterocycles. The summed E-state index contributed by atoms with van der Waals surface area (Å²) < 4.78 is 10.8. The van der Waals surface area contributed by atoms with E-state index in [9.17, 15) is 14.4 Å². The first kappa shape index (κ1) is 31.2. The molecule has 4 atom stereocenters. The molecule has 8 nitrogen and oxygen atoms in total. The predicted molar refractivity (Wildman–Crippen MR) is 166 cm³/mol. The molecule has 4 unspecified atom stereocenters. The van der Waals surface area contributed by atoms with Crippen LogP contribution in [-0.2, 0) is 20.7 Å². The third-order valence-corrected chi connectivity index (χ3v) is 7.23. The normalized spacial score (nSPS) is 17.0. The number of anilines is 1. The number of nitrogens with one attached hydrogen (secondary N) is 2. The molecule has 0 aliphatic heterocycles. The van der Waals surface area contributed by atoms with Crippen molar-refractivity contribution in [1.82, 2.24) is 10.2 Å². The smallest absolute Gasteiger partial charge is 0.408 e. The van der Waals surface area contributed by atoms with Crippen LogP contribution in [0.25, 0.3) is 0 Å². The van der Waals surface area contributed by atoms with Gasteiger partial charge in [0.1, 0.15) is 23.4 Å². The highest BCUT2D eigenvalue weighted by molar-refractivity contribution is 5.99. The van der Waals surface area contributed by atoms with E-state index >= 15 is 0 Å². The van der Waals surface area contributed by atoms with Gasteiger partial charge in [-0.15, -0.1) is 6.42 Å². The van der Waals surface area contributed by atoms with E-state index in [1.165, 1.54) is 0 Å². The number of alkyl carbamates (subject to hydrolysis) is 1. The van der Waals surface area contributed by atoms with Gasteiger partial charge in [-0.05, 0) is 80.6 Å². The van der Waals surface area contributed by atoms with Crippen molar-refractivity contribution < 1.29 is 23.9 Å². The van der Waals surface area contributed by atoms with E-state index in [2.05, 4.69) is 16.6 Å². The van der Waals surface area contributed by atoms with Gasteiger partial charge in [-0.1, -0.05) is 55.3 Å². The zero-order valence-electron chi connectivity index (χ0n) is 25.3. The zero-order chi connectivity index (χ0) is 31.1. The molecule has 3 aromatic rings. The molecule has 4 rings (SSSR count). The van der Waals surface area contributed by atoms with E-state index in [1.54, 1.807) is 81.3 Å². The lowest BCUT2D eigenvalue weighted by Crippen LogP contribution is -2.54. The monoisotopic (exact) mass is 581 g/mol. The molecule has 8 heteroatoms. The number of amides is 3. The standard InChI is InChI=1S/C35H39N3O5/c1-7-24-13-15-26(16-14-24)31(32(39)36-27-17-19-28(42-6)20-18-27)38(30-21-23(30)2)33(40)29(22-25-11-9-8-10-12-25)37-34(41)43-35(3,4)5/h1,8-20,23,29-31H,21-22H2,2-6H3,(H,36,39)(H,37,41). The molecular formula is C35H39N3O5. The second-order valence-electron chi connectivity index (χ2n) is 11.8. The van der Waals surface area contributed by atoms with Crippen LogP contribution in [0.5, 0.6) is 5.75 Å². The van der Waals surface area contributed by atoms with E-state index in [1.807, 2.05) is 37.3 Å². The highest BCUT2D eigenvalue weighted by Crippen LogP contribution is 2.41. The Kier molecular flexibility index (Phi) is 9.77. The quantitative estimate of drug-likeness (QED) is 0.298. The maximum atomic E-state index is 14.6. The number of methoxy groups -OCH3 is 1. The second-order valence-corrected chi connectivity index (χ2v) is 11.8. The Bertz CT molecular complexity index is 1460. The Balaban J connectivity index is 1.74. The molecule has 3 amide bonds. The Hall–Kier alpha value is -4.77. The van der Waals surface area contributed by atoms with Crippen LogP contribution < -0.4 is 15.4 Å². The number of benzene rings is 3. The minimum atomic E-state index is -0.991. The van der Waals surface area contributed by atoms with Crippen molar-refractivity contribution in [1.29, 1.82) is 0 Å². The predicted octanol–water partition coefficient (Wildman–Crippen LogP) is 5.73. The van der Waals surface area contributed by atoms with Crippen molar-refractivity contribution in [3.05, 3.63) is 95.6 Å². The summed E-state index contributed by atoms with van der Waals surface area (Å²) in [5.41, 5.74) is 1.92. The van der Waals surface area contributed by atoms with Gasteiger partial charge in [0.05, 0.1) is 7.11 Å². The third kappa shape index (κ3) is 8.39. The lowest BCUT2D eigenvalue weighted by molar-refractivity contribution is -0.141. The van der Waals surface area contributed by atoms with E-state index < -0.39 is 23.8 Å². The highest BCUT2D eigenvalue weighted by atomic mass is 16.6. The van der Waals surface area contributed by atoms with Gasteiger partial charge < -0.3 is 25.0 Å². The lowest BCUT2D eigenvalue weighted by atomic mass is 9.99. The molecule has 0 aromatic heterocycles. The van der Waals surface area contributed by atoms with Gasteiger partial charge in [-0.25, -0.2) is 4.79 Å². The van der Waals surface area contributed by atoms with E-state index in [4.69, 9.17) is 15.9 Å². The number of hydrogen-bond acceptors (Lipinski definition) is 5. The van der Waals surface area contributed by atoms with Crippen LogP contribution in [0.15, 0.2) is 78.9 Å². The molecule has 0 radical (unpaired) electrons. The summed E-state index contributed by atoms with van der Waals surface area (Å²) in [4.78, 5) is 43.3. The number of hydrogen-bond donors (Lipinski definition) is 2. The summed E-state index contributed by atoms with van der Waals surface area (Å²) >= 11 is 0. The fraction of sp³-hybridized carbons (Fsp3) is 0.343. The molecule has 1 aliphatic carbocycles. The van der Waals surface area contributed by atoms with Crippen molar-refractivity contribution in [2.24, 2.45) is 5.92 Å². The van der Waals surface area contributed by atoms with Crippen LogP contribution in [0.4, 0.5) is 10.5 Å². The van der Waals surface area contributed by atoms with Gasteiger partial charge in [-0.2, -0.15) is 0 Å². The fourth-order valence-corrected chi connectivity index (χ4v) is 4.94. The topological polar surface area (TPSA) is 97.0 Å². The Morgan fingerprint density at radius 1 is 1.00 bits per heavy atom. The summed E-state index contributed by atoms with van der Waals surface area (Å²) in [6.07, 6.45) is 5.84. The molecule has 43 heavy (non-hydrogen) atoms. The summed E-state index contributed by atoms with van der Waals surface area (Å²) in [5.74, 6) is 2.66. The molecule has 1 fully saturated rings. The van der Waals surface area contributed by atoms with Crippen LogP contribution in [0.2, 0.25) is 0 Å². The van der Waals surface area contributed by atoms with Gasteiger partial charge >= 0.3 is 6.09 Å². The van der Waals surface area contributed by atoms with E-state index in [0.717, 1.165) is 12.0 Å². The summed E-state index contributed by atoms with van der Waals surface area (Å²) in [6.45, 7) is 7.33. The van der Waals surface area contributed by atoms with Crippen LogP contribution in [0, 0.1) is 18.3 Å². The van der Waals surface area contributed by atoms with Gasteiger partial charge in [0.2, 0.25) is 5.91 Å². The number of rotatable bonds is 10.